The average Bonchev–Trinajstić information content (AvgIpc) is 3.19. The van der Waals surface area contributed by atoms with E-state index >= 15 is 0 Å². The maximum absolute atomic E-state index is 12.6. The molecule has 0 aliphatic heterocycles. The molecule has 2 aromatic heterocycles. The fourth-order valence-corrected chi connectivity index (χ4v) is 4.08. The lowest BCUT2D eigenvalue weighted by Gasteiger charge is -2.11. The molecule has 0 saturated carbocycles. The molecule has 178 valence electrons. The maximum Gasteiger partial charge on any atom is 0.301 e. The van der Waals surface area contributed by atoms with Crippen LogP contribution in [0.25, 0.3) is 5.69 Å². The topological polar surface area (TPSA) is 188 Å². The van der Waals surface area contributed by atoms with E-state index in [1.54, 1.807) is 19.1 Å². The zero-order chi connectivity index (χ0) is 25.2. The number of nitro groups is 2. The van der Waals surface area contributed by atoms with Gasteiger partial charge in [-0.2, -0.15) is 5.10 Å². The average molecular weight is 496 g/mol. The Hall–Kier alpha value is -4.92. The van der Waals surface area contributed by atoms with Gasteiger partial charge < -0.3 is 5.32 Å². The first kappa shape index (κ1) is 23.2. The van der Waals surface area contributed by atoms with Crippen molar-refractivity contribution < 1.29 is 18.3 Å². The second-order valence-electron chi connectivity index (χ2n) is 7.10. The number of rotatable bonds is 8. The largest absolute Gasteiger partial charge is 0.340 e. The summed E-state index contributed by atoms with van der Waals surface area (Å²) in [6, 6.07) is 12.1. The van der Waals surface area contributed by atoms with Gasteiger partial charge in [0.25, 0.3) is 15.7 Å². The van der Waals surface area contributed by atoms with Gasteiger partial charge in [0.1, 0.15) is 11.5 Å². The van der Waals surface area contributed by atoms with E-state index in [-0.39, 0.29) is 16.5 Å². The quantitative estimate of drug-likeness (QED) is 0.270. The standard InChI is InChI=1S/C20H16N8O6S/c1-13-11-19(26(24-13)17-8-5-15(27(29)30)12-18(17)28(31)32)23-14-3-6-16(7-4-14)35(33,34)25-20-21-9-2-10-22-20/h2-12,23H,1H3,(H,21,22,25). The van der Waals surface area contributed by atoms with Gasteiger partial charge in [-0.1, -0.05) is 0 Å². The van der Waals surface area contributed by atoms with Gasteiger partial charge in [0.2, 0.25) is 5.95 Å². The van der Waals surface area contributed by atoms with Crippen molar-refractivity contribution in [3.05, 3.63) is 92.9 Å². The Morgan fingerprint density at radius 1 is 0.943 bits per heavy atom. The molecule has 2 heterocycles. The summed E-state index contributed by atoms with van der Waals surface area (Å²) in [5.41, 5.74) is 0.0747. The zero-order valence-corrected chi connectivity index (χ0v) is 18.7. The van der Waals surface area contributed by atoms with E-state index in [0.717, 1.165) is 12.1 Å². The van der Waals surface area contributed by atoms with Crippen molar-refractivity contribution in [2.75, 3.05) is 10.0 Å². The second-order valence-corrected chi connectivity index (χ2v) is 8.78. The van der Waals surface area contributed by atoms with Crippen molar-refractivity contribution in [3.8, 4) is 5.69 Å². The van der Waals surface area contributed by atoms with Gasteiger partial charge in [-0.05, 0) is 43.3 Å². The summed E-state index contributed by atoms with van der Waals surface area (Å²) in [7, 11) is -3.93. The third-order valence-electron chi connectivity index (χ3n) is 4.65. The molecule has 0 atom stereocenters. The van der Waals surface area contributed by atoms with Gasteiger partial charge in [0.05, 0.1) is 26.5 Å². The van der Waals surface area contributed by atoms with Crippen LogP contribution in [-0.4, -0.2) is 38.0 Å². The molecule has 4 aromatic rings. The van der Waals surface area contributed by atoms with Crippen LogP contribution >= 0.6 is 0 Å². The molecule has 2 aromatic carbocycles. The third-order valence-corrected chi connectivity index (χ3v) is 6.00. The first-order chi connectivity index (χ1) is 16.6. The Morgan fingerprint density at radius 2 is 1.63 bits per heavy atom. The lowest BCUT2D eigenvalue weighted by molar-refractivity contribution is -0.394. The van der Waals surface area contributed by atoms with Gasteiger partial charge >= 0.3 is 5.69 Å². The van der Waals surface area contributed by atoms with Crippen LogP contribution < -0.4 is 10.0 Å². The van der Waals surface area contributed by atoms with Crippen molar-refractivity contribution in [2.24, 2.45) is 0 Å². The van der Waals surface area contributed by atoms with Crippen molar-refractivity contribution in [1.29, 1.82) is 0 Å². The second kappa shape index (κ2) is 9.14. The molecule has 0 amide bonds. The number of hydrogen-bond acceptors (Lipinski definition) is 10. The van der Waals surface area contributed by atoms with Gasteiger partial charge in [0, 0.05) is 30.2 Å². The molecule has 15 heteroatoms. The molecule has 0 unspecified atom stereocenters. The van der Waals surface area contributed by atoms with E-state index in [9.17, 15) is 28.6 Å². The molecule has 0 bridgehead atoms. The maximum atomic E-state index is 12.6. The number of non-ortho nitro benzene ring substituents is 1. The molecule has 0 fully saturated rings. The number of anilines is 3. The minimum absolute atomic E-state index is 0.0162. The molecule has 0 aliphatic carbocycles. The van der Waals surface area contributed by atoms with Crippen molar-refractivity contribution in [2.45, 2.75) is 11.8 Å². The fourth-order valence-electron chi connectivity index (χ4n) is 3.12. The predicted octanol–water partition coefficient (Wildman–Crippen LogP) is 3.33. The molecule has 2 N–H and O–H groups in total. The molecule has 0 aliphatic rings. The Balaban J connectivity index is 1.63. The first-order valence-corrected chi connectivity index (χ1v) is 11.3. The molecule has 35 heavy (non-hydrogen) atoms. The number of nitrogens with one attached hydrogen (secondary N) is 2. The van der Waals surface area contributed by atoms with Gasteiger partial charge in [-0.15, -0.1) is 0 Å². The van der Waals surface area contributed by atoms with Crippen LogP contribution in [0.1, 0.15) is 5.69 Å². The Morgan fingerprint density at radius 3 is 2.26 bits per heavy atom. The van der Waals surface area contributed by atoms with Crippen LogP contribution in [0.5, 0.6) is 0 Å². The van der Waals surface area contributed by atoms with E-state index in [4.69, 9.17) is 0 Å². The fraction of sp³-hybridized carbons (Fsp3) is 0.0500. The molecule has 0 saturated heterocycles. The molecular weight excluding hydrogens is 480 g/mol. The monoisotopic (exact) mass is 496 g/mol. The lowest BCUT2D eigenvalue weighted by atomic mass is 10.2. The summed E-state index contributed by atoms with van der Waals surface area (Å²) in [5.74, 6) is 0.254. The van der Waals surface area contributed by atoms with E-state index < -0.39 is 31.2 Å². The summed E-state index contributed by atoms with van der Waals surface area (Å²) in [6.45, 7) is 1.67. The van der Waals surface area contributed by atoms with E-state index in [2.05, 4.69) is 25.1 Å². The molecular formula is C20H16N8O6S. The molecule has 0 spiro atoms. The summed E-state index contributed by atoms with van der Waals surface area (Å²) in [5, 5.41) is 29.9. The summed E-state index contributed by atoms with van der Waals surface area (Å²) >= 11 is 0. The number of aromatic nitrogens is 4. The van der Waals surface area contributed by atoms with Gasteiger partial charge in [0.15, 0.2) is 0 Å². The summed E-state index contributed by atoms with van der Waals surface area (Å²) in [4.78, 5) is 28.8. The number of nitrogens with zero attached hydrogens (tertiary/aromatic N) is 6. The van der Waals surface area contributed by atoms with Crippen LogP contribution in [0, 0.1) is 27.2 Å². The SMILES string of the molecule is Cc1cc(Nc2ccc(S(=O)(=O)Nc3ncccn3)cc2)n(-c2ccc([N+](=O)[O-])cc2[N+](=O)[O-])n1. The highest BCUT2D eigenvalue weighted by Crippen LogP contribution is 2.31. The Bertz CT molecular complexity index is 1520. The Labute approximate surface area is 197 Å². The minimum atomic E-state index is -3.93. The zero-order valence-electron chi connectivity index (χ0n) is 17.9. The first-order valence-electron chi connectivity index (χ1n) is 9.81. The number of aryl methyl sites for hydroxylation is 1. The van der Waals surface area contributed by atoms with Crippen LogP contribution in [-0.2, 0) is 10.0 Å². The highest BCUT2D eigenvalue weighted by Gasteiger charge is 2.23. The summed E-state index contributed by atoms with van der Waals surface area (Å²) in [6.07, 6.45) is 2.80. The molecule has 0 radical (unpaired) electrons. The summed E-state index contributed by atoms with van der Waals surface area (Å²) < 4.78 is 28.6. The third kappa shape index (κ3) is 5.03. The normalized spacial score (nSPS) is 11.1. The number of hydrogen-bond donors (Lipinski definition) is 2. The van der Waals surface area contributed by atoms with Crippen LogP contribution in [0.2, 0.25) is 0 Å². The van der Waals surface area contributed by atoms with Crippen molar-refractivity contribution in [3.63, 3.8) is 0 Å². The van der Waals surface area contributed by atoms with Crippen LogP contribution in [0.3, 0.4) is 0 Å². The van der Waals surface area contributed by atoms with E-state index in [1.165, 1.54) is 47.4 Å². The van der Waals surface area contributed by atoms with Gasteiger partial charge in [-0.3, -0.25) is 20.2 Å². The number of benzene rings is 2. The van der Waals surface area contributed by atoms with Gasteiger partial charge in [-0.25, -0.2) is 27.8 Å². The van der Waals surface area contributed by atoms with E-state index in [1.807, 2.05) is 0 Å². The van der Waals surface area contributed by atoms with Crippen molar-refractivity contribution >= 4 is 38.9 Å². The van der Waals surface area contributed by atoms with Crippen molar-refractivity contribution in [1.82, 2.24) is 19.7 Å². The predicted molar refractivity (Wildman–Crippen MR) is 124 cm³/mol. The Kier molecular flexibility index (Phi) is 6.07. The van der Waals surface area contributed by atoms with E-state index in [0.29, 0.717) is 17.2 Å². The smallest absolute Gasteiger partial charge is 0.301 e. The highest BCUT2D eigenvalue weighted by atomic mass is 32.2. The molecule has 14 nitrogen and oxygen atoms in total. The number of nitro benzene ring substituents is 2. The minimum Gasteiger partial charge on any atom is -0.340 e. The van der Waals surface area contributed by atoms with Crippen LogP contribution in [0.4, 0.5) is 28.8 Å². The lowest BCUT2D eigenvalue weighted by Crippen LogP contribution is -2.14. The highest BCUT2D eigenvalue weighted by molar-refractivity contribution is 7.92. The molecule has 4 rings (SSSR count). The number of sulfonamides is 1. The van der Waals surface area contributed by atoms with Crippen LogP contribution in [0.15, 0.2) is 71.9 Å².